The molecule has 2 N–H and O–H groups in total. The molecule has 28 heavy (non-hydrogen) atoms. The van der Waals surface area contributed by atoms with Crippen LogP contribution >= 0.6 is 43.6 Å². The summed E-state index contributed by atoms with van der Waals surface area (Å²) in [7, 11) is 0. The Morgan fingerprint density at radius 3 is 2.68 bits per heavy atom. The van der Waals surface area contributed by atoms with Gasteiger partial charge >= 0.3 is 0 Å². The lowest BCUT2D eigenvalue weighted by Crippen LogP contribution is -2.27. The highest BCUT2D eigenvalue weighted by Gasteiger charge is 2.26. The third kappa shape index (κ3) is 3.91. The molecule has 0 aliphatic carbocycles. The van der Waals surface area contributed by atoms with Crippen molar-refractivity contribution in [2.75, 3.05) is 30.0 Å². The first-order chi connectivity index (χ1) is 13.4. The standard InChI is InChI=1S/C20H16Br2N2O3S/c21-15-6-11(7-16(22)19(15)26)5-14-13-8-12(1-2-17(13)23-20(14)27)18(25)9-24-3-4-28-10-24/h1-2,5-8,26H,3-4,9-10H2,(H,23,27)/b14-5-. The van der Waals surface area contributed by atoms with Crippen molar-refractivity contribution in [1.82, 2.24) is 4.90 Å². The summed E-state index contributed by atoms with van der Waals surface area (Å²) in [5.41, 5.74) is 3.26. The fourth-order valence-electron chi connectivity index (χ4n) is 3.21. The molecule has 0 bridgehead atoms. The molecule has 0 radical (unpaired) electrons. The number of hydrogen-bond donors (Lipinski definition) is 2. The smallest absolute Gasteiger partial charge is 0.256 e. The summed E-state index contributed by atoms with van der Waals surface area (Å²) < 4.78 is 1.06. The number of phenols is 1. The van der Waals surface area contributed by atoms with E-state index in [2.05, 4.69) is 42.1 Å². The van der Waals surface area contributed by atoms with Crippen LogP contribution in [0.5, 0.6) is 5.75 Å². The average molecular weight is 524 g/mol. The number of aromatic hydroxyl groups is 1. The number of fused-ring (bicyclic) bond motifs is 1. The predicted octanol–water partition coefficient (Wildman–Crippen LogP) is 4.60. The summed E-state index contributed by atoms with van der Waals surface area (Å²) >= 11 is 8.44. The van der Waals surface area contributed by atoms with Gasteiger partial charge in [0.1, 0.15) is 5.75 Å². The number of nitrogens with one attached hydrogen (secondary N) is 1. The molecule has 0 atom stereocenters. The van der Waals surface area contributed by atoms with Gasteiger partial charge in [0.25, 0.3) is 5.91 Å². The van der Waals surface area contributed by atoms with E-state index in [0.29, 0.717) is 37.9 Å². The van der Waals surface area contributed by atoms with Crippen LogP contribution in [0.15, 0.2) is 39.3 Å². The first kappa shape index (κ1) is 19.7. The number of rotatable bonds is 4. The number of nitrogens with zero attached hydrogens (tertiary/aromatic N) is 1. The quantitative estimate of drug-likeness (QED) is 0.452. The van der Waals surface area contributed by atoms with Crippen LogP contribution in [-0.2, 0) is 4.79 Å². The second kappa shape index (κ2) is 8.02. The number of ketones is 1. The minimum atomic E-state index is -0.212. The van der Waals surface area contributed by atoms with Gasteiger partial charge in [-0.3, -0.25) is 14.5 Å². The van der Waals surface area contributed by atoms with Gasteiger partial charge in [0, 0.05) is 40.6 Å². The number of Topliss-reactive ketones (excluding diaryl/α,β-unsaturated/α-hetero) is 1. The molecular formula is C20H16Br2N2O3S. The van der Waals surface area contributed by atoms with Crippen molar-refractivity contribution in [3.8, 4) is 5.75 Å². The predicted molar refractivity (Wildman–Crippen MR) is 120 cm³/mol. The zero-order valence-corrected chi connectivity index (χ0v) is 18.7. The molecule has 2 heterocycles. The summed E-state index contributed by atoms with van der Waals surface area (Å²) in [6.45, 7) is 1.32. The summed E-state index contributed by atoms with van der Waals surface area (Å²) in [5.74, 6) is 1.88. The van der Waals surface area contributed by atoms with Gasteiger partial charge in [0.2, 0.25) is 0 Å². The molecule has 4 rings (SSSR count). The van der Waals surface area contributed by atoms with Gasteiger partial charge in [-0.1, -0.05) is 0 Å². The number of thioether (sulfide) groups is 1. The Labute approximate surface area is 183 Å². The molecule has 1 fully saturated rings. The SMILES string of the molecule is O=C1Nc2ccc(C(=O)CN3CCSC3)cc2/C1=C/c1cc(Br)c(O)c(Br)c1. The van der Waals surface area contributed by atoms with E-state index in [9.17, 15) is 14.7 Å². The number of benzene rings is 2. The number of anilines is 1. The number of carbonyl (C=O) groups is 2. The monoisotopic (exact) mass is 522 g/mol. The number of halogens is 2. The van der Waals surface area contributed by atoms with E-state index in [1.807, 2.05) is 11.8 Å². The van der Waals surface area contributed by atoms with Crippen LogP contribution in [0.4, 0.5) is 5.69 Å². The third-order valence-electron chi connectivity index (χ3n) is 4.67. The number of carbonyl (C=O) groups excluding carboxylic acids is 2. The normalized spacial score (nSPS) is 17.8. The molecule has 2 aliphatic heterocycles. The summed E-state index contributed by atoms with van der Waals surface area (Å²) in [6, 6.07) is 8.80. The first-order valence-electron chi connectivity index (χ1n) is 8.61. The van der Waals surface area contributed by atoms with E-state index < -0.39 is 0 Å². The second-order valence-corrected chi connectivity index (χ2v) is 9.40. The molecule has 1 saturated heterocycles. The number of phenolic OH excluding ortho intramolecular Hbond substituents is 1. The third-order valence-corrected chi connectivity index (χ3v) is 6.90. The van der Waals surface area contributed by atoms with Crippen LogP contribution in [0.2, 0.25) is 0 Å². The molecule has 0 unspecified atom stereocenters. The lowest BCUT2D eigenvalue weighted by atomic mass is 10.00. The Bertz CT molecular complexity index is 994. The zero-order valence-electron chi connectivity index (χ0n) is 14.7. The van der Waals surface area contributed by atoms with Crippen molar-refractivity contribution in [1.29, 1.82) is 0 Å². The summed E-state index contributed by atoms with van der Waals surface area (Å²) in [4.78, 5) is 27.3. The van der Waals surface area contributed by atoms with Crippen LogP contribution in [0.1, 0.15) is 21.5 Å². The lowest BCUT2D eigenvalue weighted by molar-refractivity contribution is -0.110. The van der Waals surface area contributed by atoms with Crippen molar-refractivity contribution >= 4 is 72.6 Å². The summed E-state index contributed by atoms with van der Waals surface area (Å²) in [5, 5.41) is 12.7. The van der Waals surface area contributed by atoms with Crippen molar-refractivity contribution in [2.45, 2.75) is 0 Å². The fraction of sp³-hybridized carbons (Fsp3) is 0.200. The Morgan fingerprint density at radius 2 is 2.00 bits per heavy atom. The van der Waals surface area contributed by atoms with Crippen molar-refractivity contribution in [3.05, 3.63) is 56.0 Å². The van der Waals surface area contributed by atoms with Crippen molar-refractivity contribution < 1.29 is 14.7 Å². The van der Waals surface area contributed by atoms with Crippen LogP contribution in [0.3, 0.4) is 0 Å². The van der Waals surface area contributed by atoms with Gasteiger partial charge in [0.15, 0.2) is 5.78 Å². The number of hydrogen-bond acceptors (Lipinski definition) is 5. The van der Waals surface area contributed by atoms with E-state index >= 15 is 0 Å². The van der Waals surface area contributed by atoms with Gasteiger partial charge < -0.3 is 10.4 Å². The van der Waals surface area contributed by atoms with Crippen LogP contribution in [-0.4, -0.2) is 46.4 Å². The molecule has 8 heteroatoms. The maximum absolute atomic E-state index is 12.7. The van der Waals surface area contributed by atoms with Gasteiger partial charge in [-0.2, -0.15) is 0 Å². The van der Waals surface area contributed by atoms with E-state index in [4.69, 9.17) is 0 Å². The van der Waals surface area contributed by atoms with E-state index in [-0.39, 0.29) is 17.4 Å². The second-order valence-electron chi connectivity index (χ2n) is 6.62. The Kier molecular flexibility index (Phi) is 5.64. The fourth-order valence-corrected chi connectivity index (χ4v) is 5.43. The molecule has 2 aromatic rings. The van der Waals surface area contributed by atoms with Gasteiger partial charge in [0.05, 0.1) is 15.5 Å². The first-order valence-corrected chi connectivity index (χ1v) is 11.4. The summed E-state index contributed by atoms with van der Waals surface area (Å²) in [6.07, 6.45) is 1.75. The molecule has 1 amide bonds. The zero-order chi connectivity index (χ0) is 19.8. The molecule has 5 nitrogen and oxygen atoms in total. The molecule has 2 aliphatic rings. The molecule has 144 valence electrons. The van der Waals surface area contributed by atoms with Gasteiger partial charge in [-0.05, 0) is 73.8 Å². The minimum Gasteiger partial charge on any atom is -0.506 e. The van der Waals surface area contributed by atoms with E-state index in [0.717, 1.165) is 23.7 Å². The largest absolute Gasteiger partial charge is 0.506 e. The van der Waals surface area contributed by atoms with Gasteiger partial charge in [-0.15, -0.1) is 11.8 Å². The van der Waals surface area contributed by atoms with Crippen LogP contribution < -0.4 is 5.32 Å². The maximum atomic E-state index is 12.7. The topological polar surface area (TPSA) is 69.6 Å². The highest BCUT2D eigenvalue weighted by Crippen LogP contribution is 2.37. The minimum absolute atomic E-state index is 0.0547. The van der Waals surface area contributed by atoms with Crippen LogP contribution in [0, 0.1) is 0 Å². The average Bonchev–Trinajstić information content (AvgIpc) is 3.27. The van der Waals surface area contributed by atoms with Crippen molar-refractivity contribution in [2.24, 2.45) is 0 Å². The highest BCUT2D eigenvalue weighted by molar-refractivity contribution is 9.11. The molecule has 2 aromatic carbocycles. The molecule has 0 saturated carbocycles. The highest BCUT2D eigenvalue weighted by atomic mass is 79.9. The number of amides is 1. The Hall–Kier alpha value is -1.61. The molecular weight excluding hydrogens is 508 g/mol. The maximum Gasteiger partial charge on any atom is 0.256 e. The van der Waals surface area contributed by atoms with Crippen molar-refractivity contribution in [3.63, 3.8) is 0 Å². The Balaban J connectivity index is 1.67. The van der Waals surface area contributed by atoms with E-state index in [1.54, 1.807) is 36.4 Å². The van der Waals surface area contributed by atoms with Gasteiger partial charge in [-0.25, -0.2) is 0 Å². The molecule has 0 spiro atoms. The Morgan fingerprint density at radius 1 is 1.25 bits per heavy atom. The van der Waals surface area contributed by atoms with Crippen LogP contribution in [0.25, 0.3) is 11.6 Å². The molecule has 0 aromatic heterocycles. The van der Waals surface area contributed by atoms with E-state index in [1.165, 1.54) is 0 Å². The lowest BCUT2D eigenvalue weighted by Gasteiger charge is -2.12.